The monoisotopic (exact) mass is 653 g/mol. The van der Waals surface area contributed by atoms with Gasteiger partial charge in [0.15, 0.2) is 0 Å². The summed E-state index contributed by atoms with van der Waals surface area (Å²) in [6.07, 6.45) is 18.1. The van der Waals surface area contributed by atoms with Gasteiger partial charge in [-0.25, -0.2) is 0 Å². The lowest BCUT2D eigenvalue weighted by Gasteiger charge is -2.30. The molecular weight excluding hydrogens is 598 g/mol. The zero-order valence-electron chi connectivity index (χ0n) is 28.1. The van der Waals surface area contributed by atoms with Crippen LogP contribution < -0.4 is 16.0 Å². The first-order valence-corrected chi connectivity index (χ1v) is 18.1. The van der Waals surface area contributed by atoms with Crippen molar-refractivity contribution in [1.29, 1.82) is 0 Å². The van der Waals surface area contributed by atoms with Crippen LogP contribution in [0.3, 0.4) is 0 Å². The maximum Gasteiger partial charge on any atom is 0.226 e. The molecule has 47 heavy (non-hydrogen) atoms. The molecule has 4 fully saturated rings. The van der Waals surface area contributed by atoms with E-state index in [-0.39, 0.29) is 60.3 Å². The zero-order chi connectivity index (χ0) is 33.0. The predicted molar refractivity (Wildman–Crippen MR) is 177 cm³/mol. The molecule has 1 aliphatic heterocycles. The third kappa shape index (κ3) is 10.5. The van der Waals surface area contributed by atoms with Crippen LogP contribution in [-0.2, 0) is 28.7 Å². The van der Waals surface area contributed by atoms with E-state index in [1.807, 2.05) is 12.1 Å². The topological polar surface area (TPSA) is 139 Å². The Labute approximate surface area is 279 Å². The molecule has 11 heteroatoms. The fourth-order valence-corrected chi connectivity index (χ4v) is 7.86. The largest absolute Gasteiger partial charge is 0.378 e. The van der Waals surface area contributed by atoms with E-state index in [9.17, 15) is 19.2 Å². The van der Waals surface area contributed by atoms with E-state index in [0.717, 1.165) is 69.8 Å². The minimum Gasteiger partial charge on any atom is -0.378 e. The molecule has 3 aliphatic carbocycles. The number of nitrogens with one attached hydrogen (secondary N) is 3. The molecular formula is C36H55N5O6. The van der Waals surface area contributed by atoms with Crippen LogP contribution in [0.1, 0.15) is 114 Å². The SMILES string of the molecule is CN1C(=O)C[C@H](C(=O)NCCO[C@H]2CC[C@@H](OCCCC(=O)N[C@H]3CC[C@@H](C(=O)NC4CCCCC4)CC3)CC2)[C@H]1c1cccnc1. The van der Waals surface area contributed by atoms with E-state index in [1.165, 1.54) is 19.3 Å². The molecule has 1 aromatic rings. The molecule has 260 valence electrons. The summed E-state index contributed by atoms with van der Waals surface area (Å²) in [5, 5.41) is 9.41. The smallest absolute Gasteiger partial charge is 0.226 e. The first kappa shape index (κ1) is 35.3. The van der Waals surface area contributed by atoms with Crippen LogP contribution in [0.2, 0.25) is 0 Å². The van der Waals surface area contributed by atoms with Crippen molar-refractivity contribution in [1.82, 2.24) is 25.8 Å². The lowest BCUT2D eigenvalue weighted by molar-refractivity contribution is -0.128. The summed E-state index contributed by atoms with van der Waals surface area (Å²) in [5.41, 5.74) is 0.865. The van der Waals surface area contributed by atoms with Crippen molar-refractivity contribution in [2.75, 3.05) is 26.8 Å². The molecule has 11 nitrogen and oxygen atoms in total. The maximum atomic E-state index is 13.0. The van der Waals surface area contributed by atoms with Gasteiger partial charge in [-0.15, -0.1) is 0 Å². The zero-order valence-corrected chi connectivity index (χ0v) is 28.1. The average Bonchev–Trinajstić information content (AvgIpc) is 3.40. The maximum absolute atomic E-state index is 13.0. The van der Waals surface area contributed by atoms with E-state index >= 15 is 0 Å². The number of pyridine rings is 1. The molecule has 1 saturated heterocycles. The Morgan fingerprint density at radius 1 is 0.851 bits per heavy atom. The highest BCUT2D eigenvalue weighted by Gasteiger charge is 2.42. The second-order valence-corrected chi connectivity index (χ2v) is 14.0. The van der Waals surface area contributed by atoms with Crippen molar-refractivity contribution in [2.24, 2.45) is 11.8 Å². The van der Waals surface area contributed by atoms with Gasteiger partial charge >= 0.3 is 0 Å². The quantitative estimate of drug-likeness (QED) is 0.258. The van der Waals surface area contributed by atoms with Crippen LogP contribution in [-0.4, -0.2) is 84.6 Å². The number of amides is 4. The number of hydrogen-bond donors (Lipinski definition) is 3. The Hall–Kier alpha value is -3.05. The van der Waals surface area contributed by atoms with Crippen LogP contribution in [0.4, 0.5) is 0 Å². The van der Waals surface area contributed by atoms with E-state index in [2.05, 4.69) is 20.9 Å². The van der Waals surface area contributed by atoms with Gasteiger partial charge in [0.25, 0.3) is 0 Å². The number of aromatic nitrogens is 1. The third-order valence-electron chi connectivity index (χ3n) is 10.6. The highest BCUT2D eigenvalue weighted by atomic mass is 16.5. The fraction of sp³-hybridized carbons (Fsp3) is 0.750. The van der Waals surface area contributed by atoms with Gasteiger partial charge in [0, 0.05) is 63.4 Å². The fourth-order valence-electron chi connectivity index (χ4n) is 7.86. The Bertz CT molecular complexity index is 1160. The number of rotatable bonds is 14. The lowest BCUT2D eigenvalue weighted by Crippen LogP contribution is -2.43. The van der Waals surface area contributed by atoms with Crippen LogP contribution >= 0.6 is 0 Å². The molecule has 3 N–H and O–H groups in total. The molecule has 0 bridgehead atoms. The number of carbonyl (C=O) groups excluding carboxylic acids is 4. The first-order valence-electron chi connectivity index (χ1n) is 18.1. The molecule has 1 aromatic heterocycles. The van der Waals surface area contributed by atoms with Gasteiger partial charge in [-0.3, -0.25) is 24.2 Å². The van der Waals surface area contributed by atoms with Gasteiger partial charge in [0.1, 0.15) is 0 Å². The Kier molecular flexibility index (Phi) is 13.4. The molecule has 5 rings (SSSR count). The Balaban J connectivity index is 0.875. The van der Waals surface area contributed by atoms with Crippen LogP contribution in [0.5, 0.6) is 0 Å². The van der Waals surface area contributed by atoms with Crippen molar-refractivity contribution in [3.63, 3.8) is 0 Å². The van der Waals surface area contributed by atoms with Crippen molar-refractivity contribution in [2.45, 2.75) is 133 Å². The minimum atomic E-state index is -0.444. The lowest BCUT2D eigenvalue weighted by atomic mass is 9.84. The van der Waals surface area contributed by atoms with Gasteiger partial charge in [0.2, 0.25) is 23.6 Å². The van der Waals surface area contributed by atoms with Gasteiger partial charge in [-0.2, -0.15) is 0 Å². The summed E-state index contributed by atoms with van der Waals surface area (Å²) in [7, 11) is 1.74. The third-order valence-corrected chi connectivity index (χ3v) is 10.6. The first-order chi connectivity index (χ1) is 22.9. The number of ether oxygens (including phenoxy) is 2. The van der Waals surface area contributed by atoms with Crippen molar-refractivity contribution >= 4 is 23.6 Å². The average molecular weight is 654 g/mol. The number of likely N-dealkylation sites (tertiary alicyclic amines) is 1. The van der Waals surface area contributed by atoms with Gasteiger partial charge < -0.3 is 30.3 Å². The minimum absolute atomic E-state index is 0.0393. The van der Waals surface area contributed by atoms with Gasteiger partial charge in [-0.05, 0) is 82.3 Å². The van der Waals surface area contributed by atoms with Gasteiger partial charge in [-0.1, -0.05) is 25.3 Å². The molecule has 4 aliphatic rings. The Morgan fingerprint density at radius 3 is 2.21 bits per heavy atom. The summed E-state index contributed by atoms with van der Waals surface area (Å²) < 4.78 is 12.1. The normalized spacial score (nSPS) is 28.5. The van der Waals surface area contributed by atoms with E-state index in [4.69, 9.17) is 9.47 Å². The molecule has 0 unspecified atom stereocenters. The van der Waals surface area contributed by atoms with E-state index in [1.54, 1.807) is 24.3 Å². The molecule has 3 saturated carbocycles. The van der Waals surface area contributed by atoms with E-state index in [0.29, 0.717) is 38.6 Å². The van der Waals surface area contributed by atoms with Crippen molar-refractivity contribution in [3.8, 4) is 0 Å². The molecule has 0 aromatic carbocycles. The number of carbonyl (C=O) groups is 4. The second kappa shape index (κ2) is 17.9. The number of nitrogens with zero attached hydrogens (tertiary/aromatic N) is 2. The summed E-state index contributed by atoms with van der Waals surface area (Å²) in [4.78, 5) is 56.3. The molecule has 2 atom stereocenters. The Morgan fingerprint density at radius 2 is 1.53 bits per heavy atom. The van der Waals surface area contributed by atoms with Crippen molar-refractivity contribution < 1.29 is 28.7 Å². The highest BCUT2D eigenvalue weighted by Crippen LogP contribution is 2.36. The second-order valence-electron chi connectivity index (χ2n) is 14.0. The molecule has 0 radical (unpaired) electrons. The molecule has 0 spiro atoms. The highest BCUT2D eigenvalue weighted by molar-refractivity contribution is 5.90. The van der Waals surface area contributed by atoms with E-state index < -0.39 is 5.92 Å². The summed E-state index contributed by atoms with van der Waals surface area (Å²) in [6.45, 7) is 1.41. The number of hydrogen-bond acceptors (Lipinski definition) is 7. The standard InChI is InChI=1S/C36H55N5O6/c1-41-33(43)23-31(34(41)26-7-5-19-37-24-26)36(45)38-20-22-47-30-17-15-29(16-18-30)46-21-6-10-32(42)39-28-13-11-25(12-14-28)35(44)40-27-8-3-2-4-9-27/h5,7,19,24-25,27-31,34H,2-4,6,8-18,20-23H2,1H3,(H,38,45)(H,39,42)(H,40,44)/t25-,28+,29-,30+,31-,34+/m0/s1. The molecule has 4 amide bonds. The van der Waals surface area contributed by atoms with Gasteiger partial charge in [0.05, 0.1) is 30.8 Å². The van der Waals surface area contributed by atoms with Crippen molar-refractivity contribution in [3.05, 3.63) is 30.1 Å². The van der Waals surface area contributed by atoms with Crippen LogP contribution in [0.25, 0.3) is 0 Å². The predicted octanol–water partition coefficient (Wildman–Crippen LogP) is 3.97. The van der Waals surface area contributed by atoms with Crippen LogP contribution in [0.15, 0.2) is 24.5 Å². The summed E-state index contributed by atoms with van der Waals surface area (Å²) in [5.74, 6) is -0.239. The molecule has 2 heterocycles. The van der Waals surface area contributed by atoms with Crippen LogP contribution in [0, 0.1) is 11.8 Å². The summed E-state index contributed by atoms with van der Waals surface area (Å²) >= 11 is 0. The summed E-state index contributed by atoms with van der Waals surface area (Å²) in [6, 6.07) is 3.95.